The van der Waals surface area contributed by atoms with Crippen molar-refractivity contribution >= 4 is 11.9 Å². The molecule has 142 valence electrons. The first kappa shape index (κ1) is 18.9. The largest absolute Gasteiger partial charge is 0.426 e. The Morgan fingerprint density at radius 2 is 1.96 bits per heavy atom. The molecule has 1 aliphatic heterocycles. The Kier molecular flexibility index (Phi) is 6.00. The first-order chi connectivity index (χ1) is 12.6. The van der Waals surface area contributed by atoms with E-state index >= 15 is 0 Å². The van der Waals surface area contributed by atoms with Crippen LogP contribution in [-0.2, 0) is 15.0 Å². The minimum absolute atomic E-state index is 0.0261. The zero-order valence-corrected chi connectivity index (χ0v) is 16.1. The Hall–Kier alpha value is -1.84. The molecular formula is C22H31NO3. The van der Waals surface area contributed by atoms with Crippen molar-refractivity contribution in [2.24, 2.45) is 5.92 Å². The predicted molar refractivity (Wildman–Crippen MR) is 102 cm³/mol. The number of rotatable bonds is 4. The lowest BCUT2D eigenvalue weighted by Gasteiger charge is -2.33. The molecule has 1 aliphatic carbocycles. The summed E-state index contributed by atoms with van der Waals surface area (Å²) in [7, 11) is 1.89. The van der Waals surface area contributed by atoms with Crippen molar-refractivity contribution in [2.75, 3.05) is 13.6 Å². The van der Waals surface area contributed by atoms with Crippen LogP contribution < -0.4 is 4.74 Å². The zero-order valence-electron chi connectivity index (χ0n) is 16.1. The number of ether oxygens (including phenoxy) is 1. The Morgan fingerprint density at radius 1 is 1.19 bits per heavy atom. The molecular weight excluding hydrogens is 326 g/mol. The molecule has 4 nitrogen and oxygen atoms in total. The number of likely N-dealkylation sites (tertiary alicyclic amines) is 1. The van der Waals surface area contributed by atoms with Crippen LogP contribution in [0.15, 0.2) is 24.3 Å². The summed E-state index contributed by atoms with van der Waals surface area (Å²) in [6.07, 6.45) is 8.99. The van der Waals surface area contributed by atoms with E-state index in [0.717, 1.165) is 63.5 Å². The van der Waals surface area contributed by atoms with Crippen LogP contribution in [0.3, 0.4) is 0 Å². The number of amides is 1. The number of carbonyl (C=O) groups is 2. The molecule has 4 heteroatoms. The SMILES string of the molecule is CC[C@]1(c2cccc(OC(=O)C3CCCCC3)c2)CCCCN(C)C1=O. The van der Waals surface area contributed by atoms with E-state index in [-0.39, 0.29) is 17.8 Å². The van der Waals surface area contributed by atoms with E-state index in [9.17, 15) is 9.59 Å². The van der Waals surface area contributed by atoms with Gasteiger partial charge in [0, 0.05) is 13.6 Å². The quantitative estimate of drug-likeness (QED) is 0.590. The van der Waals surface area contributed by atoms with Crippen LogP contribution in [0.4, 0.5) is 0 Å². The highest BCUT2D eigenvalue weighted by atomic mass is 16.5. The van der Waals surface area contributed by atoms with Crippen molar-refractivity contribution in [2.45, 2.75) is 70.1 Å². The van der Waals surface area contributed by atoms with Gasteiger partial charge in [-0.3, -0.25) is 9.59 Å². The average Bonchev–Trinajstić information content (AvgIpc) is 2.82. The van der Waals surface area contributed by atoms with Crippen molar-refractivity contribution in [1.82, 2.24) is 4.90 Å². The van der Waals surface area contributed by atoms with Crippen LogP contribution in [0.25, 0.3) is 0 Å². The Balaban J connectivity index is 1.82. The van der Waals surface area contributed by atoms with Gasteiger partial charge in [-0.05, 0) is 49.8 Å². The molecule has 0 unspecified atom stereocenters. The lowest BCUT2D eigenvalue weighted by Crippen LogP contribution is -2.43. The van der Waals surface area contributed by atoms with E-state index in [1.165, 1.54) is 6.42 Å². The molecule has 1 amide bonds. The standard InChI is InChI=1S/C22H31NO3/c1-3-22(14-7-8-15-23(2)21(22)25)18-12-9-13-19(16-18)26-20(24)17-10-5-4-6-11-17/h9,12-13,16-17H,3-8,10-11,14-15H2,1-2H3/t22-/m1/s1. The van der Waals surface area contributed by atoms with Gasteiger partial charge in [0.15, 0.2) is 0 Å². The summed E-state index contributed by atoms with van der Waals surface area (Å²) in [4.78, 5) is 27.4. The van der Waals surface area contributed by atoms with Crippen molar-refractivity contribution in [3.63, 3.8) is 0 Å². The number of hydrogen-bond acceptors (Lipinski definition) is 3. The van der Waals surface area contributed by atoms with Gasteiger partial charge in [-0.25, -0.2) is 0 Å². The second-order valence-corrected chi connectivity index (χ2v) is 7.90. The zero-order chi connectivity index (χ0) is 18.6. The average molecular weight is 357 g/mol. The number of nitrogens with zero attached hydrogens (tertiary/aromatic N) is 1. The van der Waals surface area contributed by atoms with Crippen LogP contribution in [0.5, 0.6) is 5.75 Å². The van der Waals surface area contributed by atoms with Crippen LogP contribution >= 0.6 is 0 Å². The van der Waals surface area contributed by atoms with Crippen molar-refractivity contribution in [3.05, 3.63) is 29.8 Å². The maximum absolute atomic E-state index is 13.1. The highest BCUT2D eigenvalue weighted by Crippen LogP contribution is 2.38. The molecule has 2 aliphatic rings. The molecule has 0 N–H and O–H groups in total. The van der Waals surface area contributed by atoms with Gasteiger partial charge in [0.25, 0.3) is 0 Å². The molecule has 26 heavy (non-hydrogen) atoms. The maximum atomic E-state index is 13.1. The Morgan fingerprint density at radius 3 is 2.69 bits per heavy atom. The molecule has 0 bridgehead atoms. The third-order valence-electron chi connectivity index (χ3n) is 6.25. The molecule has 1 heterocycles. The summed E-state index contributed by atoms with van der Waals surface area (Å²) in [5, 5.41) is 0. The minimum atomic E-state index is -0.501. The van der Waals surface area contributed by atoms with E-state index in [1.54, 1.807) is 0 Å². The van der Waals surface area contributed by atoms with Gasteiger partial charge in [0.05, 0.1) is 11.3 Å². The van der Waals surface area contributed by atoms with Crippen LogP contribution in [0, 0.1) is 5.92 Å². The van der Waals surface area contributed by atoms with Gasteiger partial charge in [0.2, 0.25) is 5.91 Å². The van der Waals surface area contributed by atoms with E-state index < -0.39 is 5.41 Å². The second-order valence-electron chi connectivity index (χ2n) is 7.90. The summed E-state index contributed by atoms with van der Waals surface area (Å²) in [6, 6.07) is 7.67. The van der Waals surface area contributed by atoms with E-state index in [4.69, 9.17) is 4.74 Å². The molecule has 2 fully saturated rings. The van der Waals surface area contributed by atoms with Gasteiger partial charge in [-0.1, -0.05) is 44.7 Å². The fourth-order valence-electron chi connectivity index (χ4n) is 4.54. The molecule has 1 aromatic rings. The van der Waals surface area contributed by atoms with Crippen LogP contribution in [-0.4, -0.2) is 30.4 Å². The van der Waals surface area contributed by atoms with Crippen molar-refractivity contribution in [3.8, 4) is 5.75 Å². The number of esters is 1. The molecule has 1 saturated carbocycles. The van der Waals surface area contributed by atoms with Gasteiger partial charge in [0.1, 0.15) is 5.75 Å². The number of carbonyl (C=O) groups excluding carboxylic acids is 2. The van der Waals surface area contributed by atoms with Crippen molar-refractivity contribution < 1.29 is 14.3 Å². The van der Waals surface area contributed by atoms with E-state index in [1.807, 2.05) is 36.2 Å². The third kappa shape index (κ3) is 3.79. The highest BCUT2D eigenvalue weighted by Gasteiger charge is 2.41. The number of benzene rings is 1. The smallest absolute Gasteiger partial charge is 0.314 e. The van der Waals surface area contributed by atoms with Crippen LogP contribution in [0.1, 0.15) is 70.3 Å². The van der Waals surface area contributed by atoms with Gasteiger partial charge >= 0.3 is 5.97 Å². The fourth-order valence-corrected chi connectivity index (χ4v) is 4.54. The summed E-state index contributed by atoms with van der Waals surface area (Å²) in [5.41, 5.74) is 0.478. The van der Waals surface area contributed by atoms with Crippen molar-refractivity contribution in [1.29, 1.82) is 0 Å². The summed E-state index contributed by atoms with van der Waals surface area (Å²) < 4.78 is 5.70. The van der Waals surface area contributed by atoms with E-state index in [2.05, 4.69) is 6.92 Å². The van der Waals surface area contributed by atoms with Gasteiger partial charge < -0.3 is 9.64 Å². The fraction of sp³-hybridized carbons (Fsp3) is 0.636. The second kappa shape index (κ2) is 8.24. The highest BCUT2D eigenvalue weighted by molar-refractivity contribution is 5.88. The van der Waals surface area contributed by atoms with Gasteiger partial charge in [-0.15, -0.1) is 0 Å². The molecule has 1 saturated heterocycles. The lowest BCUT2D eigenvalue weighted by atomic mass is 9.73. The molecule has 0 aromatic heterocycles. The van der Waals surface area contributed by atoms with Gasteiger partial charge in [-0.2, -0.15) is 0 Å². The summed E-state index contributed by atoms with van der Waals surface area (Å²) >= 11 is 0. The first-order valence-corrected chi connectivity index (χ1v) is 10.1. The maximum Gasteiger partial charge on any atom is 0.314 e. The monoisotopic (exact) mass is 357 g/mol. The van der Waals surface area contributed by atoms with Crippen LogP contribution in [0.2, 0.25) is 0 Å². The minimum Gasteiger partial charge on any atom is -0.426 e. The lowest BCUT2D eigenvalue weighted by molar-refractivity contribution is -0.140. The Bertz CT molecular complexity index is 651. The number of hydrogen-bond donors (Lipinski definition) is 0. The topological polar surface area (TPSA) is 46.6 Å². The predicted octanol–water partition coefficient (Wildman–Crippen LogP) is 4.46. The molecule has 1 atom stereocenters. The first-order valence-electron chi connectivity index (χ1n) is 10.1. The normalized spacial score (nSPS) is 25.0. The number of likely N-dealkylation sites (N-methyl/N-ethyl adjacent to an activating group) is 1. The molecule has 1 aromatic carbocycles. The summed E-state index contributed by atoms with van der Waals surface area (Å²) in [5.74, 6) is 0.675. The molecule has 3 rings (SSSR count). The molecule has 0 spiro atoms. The third-order valence-corrected chi connectivity index (χ3v) is 6.25. The molecule has 0 radical (unpaired) electrons. The summed E-state index contributed by atoms with van der Waals surface area (Å²) in [6.45, 7) is 2.90. The van der Waals surface area contributed by atoms with E-state index in [0.29, 0.717) is 5.75 Å². The Labute approximate surface area is 156 Å².